The summed E-state index contributed by atoms with van der Waals surface area (Å²) in [5, 5.41) is 7.32. The Morgan fingerprint density at radius 1 is 1.12 bits per heavy atom. The average molecular weight is 485 g/mol. The molecule has 2 N–H and O–H groups in total. The molecule has 0 aliphatic carbocycles. The molecule has 1 fully saturated rings. The number of hydrogen-bond acceptors (Lipinski definition) is 7. The van der Waals surface area contributed by atoms with Crippen molar-refractivity contribution in [1.29, 1.82) is 0 Å². The number of fused-ring (bicyclic) bond motifs is 2. The fraction of sp³-hybridized carbons (Fsp3) is 0.273. The van der Waals surface area contributed by atoms with Crippen LogP contribution in [0.3, 0.4) is 0 Å². The van der Waals surface area contributed by atoms with Crippen molar-refractivity contribution in [2.24, 2.45) is 7.05 Å². The molecule has 170 valence electrons. The molecule has 0 spiro atoms. The highest BCUT2D eigenvalue weighted by molar-refractivity contribution is 7.22. The number of aryl methyl sites for hydroxylation is 1. The molecule has 1 aliphatic heterocycles. The lowest BCUT2D eigenvalue weighted by Crippen LogP contribution is -2.45. The number of halogens is 1. The van der Waals surface area contributed by atoms with Crippen molar-refractivity contribution in [1.82, 2.24) is 24.8 Å². The number of amides is 2. The predicted molar refractivity (Wildman–Crippen MR) is 128 cm³/mol. The van der Waals surface area contributed by atoms with Crippen LogP contribution in [-0.4, -0.2) is 64.1 Å². The first-order valence-corrected chi connectivity index (χ1v) is 11.6. The molecule has 2 aromatic heterocycles. The SMILES string of the molecule is Cn1c(Nc2nc3ccc(Cl)cc3s2)nc2cc(C(=O)NCC(=O)N3CCOCC3)ccc21. The van der Waals surface area contributed by atoms with Gasteiger partial charge in [-0.25, -0.2) is 9.97 Å². The maximum atomic E-state index is 12.6. The molecule has 0 saturated carbocycles. The summed E-state index contributed by atoms with van der Waals surface area (Å²) in [6.45, 7) is 2.10. The standard InChI is InChI=1S/C22H21ClN6O3S/c1-28-17-5-2-13(20(31)24-12-19(30)29-6-8-32-9-7-29)10-16(17)25-21(28)27-22-26-15-4-3-14(23)11-18(15)33-22/h2-5,10-11H,6-9,12H2,1H3,(H,24,31)(H,25,26,27). The molecule has 3 heterocycles. The Morgan fingerprint density at radius 3 is 2.76 bits per heavy atom. The summed E-state index contributed by atoms with van der Waals surface area (Å²) in [6.07, 6.45) is 0. The highest BCUT2D eigenvalue weighted by Crippen LogP contribution is 2.31. The third kappa shape index (κ3) is 4.50. The minimum atomic E-state index is -0.318. The van der Waals surface area contributed by atoms with Crippen LogP contribution in [0.4, 0.5) is 11.1 Å². The van der Waals surface area contributed by atoms with Crippen molar-refractivity contribution in [2.75, 3.05) is 38.2 Å². The highest BCUT2D eigenvalue weighted by Gasteiger charge is 2.18. The van der Waals surface area contributed by atoms with Crippen molar-refractivity contribution in [2.45, 2.75) is 0 Å². The van der Waals surface area contributed by atoms with Crippen molar-refractivity contribution in [3.8, 4) is 0 Å². The van der Waals surface area contributed by atoms with Crippen LogP contribution in [0.15, 0.2) is 36.4 Å². The van der Waals surface area contributed by atoms with Crippen molar-refractivity contribution in [3.05, 3.63) is 47.0 Å². The number of nitrogens with one attached hydrogen (secondary N) is 2. The van der Waals surface area contributed by atoms with E-state index in [0.29, 0.717) is 53.5 Å². The van der Waals surface area contributed by atoms with Gasteiger partial charge < -0.3 is 24.8 Å². The first-order chi connectivity index (χ1) is 16.0. The minimum Gasteiger partial charge on any atom is -0.378 e. The lowest BCUT2D eigenvalue weighted by Gasteiger charge is -2.26. The van der Waals surface area contributed by atoms with E-state index < -0.39 is 0 Å². The molecule has 33 heavy (non-hydrogen) atoms. The lowest BCUT2D eigenvalue weighted by atomic mass is 10.2. The molecule has 2 aromatic carbocycles. The molecule has 0 unspecified atom stereocenters. The second-order valence-electron chi connectivity index (χ2n) is 7.63. The Kier molecular flexibility index (Phi) is 5.88. The van der Waals surface area contributed by atoms with Gasteiger partial charge in [0.05, 0.1) is 41.0 Å². The van der Waals surface area contributed by atoms with E-state index in [0.717, 1.165) is 15.7 Å². The zero-order valence-corrected chi connectivity index (χ0v) is 19.4. The number of carbonyl (C=O) groups excluding carboxylic acids is 2. The predicted octanol–water partition coefficient (Wildman–Crippen LogP) is 3.17. The van der Waals surface area contributed by atoms with Crippen LogP contribution in [0.25, 0.3) is 21.3 Å². The van der Waals surface area contributed by atoms with Gasteiger partial charge in [0.1, 0.15) is 0 Å². The Morgan fingerprint density at radius 2 is 1.94 bits per heavy atom. The molecule has 9 nitrogen and oxygen atoms in total. The minimum absolute atomic E-state index is 0.0481. The molecule has 0 radical (unpaired) electrons. The number of morpholine rings is 1. The van der Waals surface area contributed by atoms with E-state index in [2.05, 4.69) is 20.6 Å². The number of anilines is 2. The van der Waals surface area contributed by atoms with E-state index in [1.165, 1.54) is 11.3 Å². The van der Waals surface area contributed by atoms with Crippen molar-refractivity contribution >= 4 is 67.1 Å². The Hall–Kier alpha value is -3.21. The van der Waals surface area contributed by atoms with Crippen molar-refractivity contribution in [3.63, 3.8) is 0 Å². The van der Waals surface area contributed by atoms with Gasteiger partial charge in [-0.1, -0.05) is 22.9 Å². The molecule has 0 bridgehead atoms. The summed E-state index contributed by atoms with van der Waals surface area (Å²) in [5.74, 6) is 0.172. The van der Waals surface area contributed by atoms with Crippen LogP contribution in [0.5, 0.6) is 0 Å². The maximum Gasteiger partial charge on any atom is 0.251 e. The summed E-state index contributed by atoms with van der Waals surface area (Å²) < 4.78 is 8.13. The fourth-order valence-electron chi connectivity index (χ4n) is 3.68. The quantitative estimate of drug-likeness (QED) is 0.451. The molecule has 11 heteroatoms. The normalized spacial score (nSPS) is 14.1. The number of benzene rings is 2. The smallest absolute Gasteiger partial charge is 0.251 e. The first kappa shape index (κ1) is 21.6. The molecule has 1 saturated heterocycles. The number of ether oxygens (including phenoxy) is 1. The van der Waals surface area contributed by atoms with Crippen molar-refractivity contribution < 1.29 is 14.3 Å². The Labute approximate surface area is 198 Å². The van der Waals surface area contributed by atoms with Crippen LogP contribution in [-0.2, 0) is 16.6 Å². The van der Waals surface area contributed by atoms with E-state index in [9.17, 15) is 9.59 Å². The summed E-state index contributed by atoms with van der Waals surface area (Å²) in [6, 6.07) is 10.8. The third-order valence-corrected chi connectivity index (χ3v) is 6.64. The second-order valence-corrected chi connectivity index (χ2v) is 9.10. The third-order valence-electron chi connectivity index (χ3n) is 5.48. The number of hydrogen-bond donors (Lipinski definition) is 2. The van der Waals surface area contributed by atoms with Crippen LogP contribution in [0.1, 0.15) is 10.4 Å². The monoisotopic (exact) mass is 484 g/mol. The number of carbonyl (C=O) groups is 2. The zero-order chi connectivity index (χ0) is 22.9. The van der Waals surface area contributed by atoms with E-state index in [1.54, 1.807) is 17.0 Å². The summed E-state index contributed by atoms with van der Waals surface area (Å²) >= 11 is 7.56. The molecule has 4 aromatic rings. The maximum absolute atomic E-state index is 12.6. The van der Waals surface area contributed by atoms with E-state index >= 15 is 0 Å². The van der Waals surface area contributed by atoms with Gasteiger partial charge >= 0.3 is 0 Å². The van der Waals surface area contributed by atoms with Gasteiger partial charge in [-0.15, -0.1) is 0 Å². The number of aromatic nitrogens is 3. The van der Waals surface area contributed by atoms with Gasteiger partial charge in [0.15, 0.2) is 5.13 Å². The molecule has 2 amide bonds. The molecular formula is C22H21ClN6O3S. The van der Waals surface area contributed by atoms with E-state index in [4.69, 9.17) is 16.3 Å². The van der Waals surface area contributed by atoms with Crippen LogP contribution in [0.2, 0.25) is 5.02 Å². The van der Waals surface area contributed by atoms with E-state index in [1.807, 2.05) is 35.9 Å². The van der Waals surface area contributed by atoms with Gasteiger partial charge in [0.25, 0.3) is 5.91 Å². The molecule has 1 aliphatic rings. The largest absolute Gasteiger partial charge is 0.378 e. The van der Waals surface area contributed by atoms with Gasteiger partial charge in [-0.05, 0) is 36.4 Å². The highest BCUT2D eigenvalue weighted by atomic mass is 35.5. The summed E-state index contributed by atoms with van der Waals surface area (Å²) in [4.78, 5) is 35.8. The summed E-state index contributed by atoms with van der Waals surface area (Å²) in [5.41, 5.74) is 2.83. The number of thiazole rings is 1. The van der Waals surface area contributed by atoms with Crippen LogP contribution >= 0.6 is 22.9 Å². The molecule has 0 atom stereocenters. The van der Waals surface area contributed by atoms with E-state index in [-0.39, 0.29) is 18.4 Å². The Balaban J connectivity index is 1.30. The van der Waals surface area contributed by atoms with Crippen LogP contribution < -0.4 is 10.6 Å². The topological polar surface area (TPSA) is 101 Å². The Bertz CT molecular complexity index is 1360. The molecule has 5 rings (SSSR count). The van der Waals surface area contributed by atoms with Gasteiger partial charge in [-0.2, -0.15) is 0 Å². The lowest BCUT2D eigenvalue weighted by molar-refractivity contribution is -0.134. The second kappa shape index (κ2) is 8.97. The number of nitrogens with zero attached hydrogens (tertiary/aromatic N) is 4. The van der Waals surface area contributed by atoms with Crippen LogP contribution in [0, 0.1) is 0 Å². The van der Waals surface area contributed by atoms with Gasteiger partial charge in [0.2, 0.25) is 11.9 Å². The van der Waals surface area contributed by atoms with Gasteiger partial charge in [0, 0.05) is 30.7 Å². The summed E-state index contributed by atoms with van der Waals surface area (Å²) in [7, 11) is 1.89. The first-order valence-electron chi connectivity index (χ1n) is 10.4. The fourth-order valence-corrected chi connectivity index (χ4v) is 4.82. The molecular weight excluding hydrogens is 464 g/mol. The number of imidazole rings is 1. The average Bonchev–Trinajstić information content (AvgIpc) is 3.37. The number of rotatable bonds is 5. The van der Waals surface area contributed by atoms with Gasteiger partial charge in [-0.3, -0.25) is 9.59 Å². The zero-order valence-electron chi connectivity index (χ0n) is 17.8.